The van der Waals surface area contributed by atoms with Gasteiger partial charge < -0.3 is 5.32 Å². The standard InChI is InChI=1S/C13H22N2S/c1-8(2)12(14-9(3)4)13-15-10-6-5-7-11(10)16-13/h8-9,12,14H,5-7H2,1-4H3. The lowest BCUT2D eigenvalue weighted by Crippen LogP contribution is -2.31. The van der Waals surface area contributed by atoms with Crippen LogP contribution in [0.3, 0.4) is 0 Å². The smallest absolute Gasteiger partial charge is 0.110 e. The molecule has 90 valence electrons. The van der Waals surface area contributed by atoms with E-state index in [1.807, 2.05) is 11.3 Å². The lowest BCUT2D eigenvalue weighted by Gasteiger charge is -2.22. The molecule has 0 bridgehead atoms. The van der Waals surface area contributed by atoms with E-state index in [9.17, 15) is 0 Å². The van der Waals surface area contributed by atoms with Crippen molar-refractivity contribution in [3.63, 3.8) is 0 Å². The molecule has 1 N–H and O–H groups in total. The Morgan fingerprint density at radius 2 is 1.94 bits per heavy atom. The van der Waals surface area contributed by atoms with E-state index in [4.69, 9.17) is 4.98 Å². The van der Waals surface area contributed by atoms with E-state index in [2.05, 4.69) is 33.0 Å². The highest BCUT2D eigenvalue weighted by Crippen LogP contribution is 2.33. The van der Waals surface area contributed by atoms with Gasteiger partial charge >= 0.3 is 0 Å². The van der Waals surface area contributed by atoms with Gasteiger partial charge in [-0.05, 0) is 25.2 Å². The molecule has 1 aromatic heterocycles. The molecule has 0 aromatic carbocycles. The van der Waals surface area contributed by atoms with Gasteiger partial charge in [-0.3, -0.25) is 0 Å². The first-order chi connectivity index (χ1) is 7.58. The molecule has 1 unspecified atom stereocenters. The summed E-state index contributed by atoms with van der Waals surface area (Å²) in [5.74, 6) is 0.605. The zero-order chi connectivity index (χ0) is 11.7. The van der Waals surface area contributed by atoms with Gasteiger partial charge in [0.1, 0.15) is 5.01 Å². The molecular formula is C13H22N2S. The maximum Gasteiger partial charge on any atom is 0.110 e. The van der Waals surface area contributed by atoms with Gasteiger partial charge in [0.15, 0.2) is 0 Å². The molecule has 2 nitrogen and oxygen atoms in total. The maximum absolute atomic E-state index is 4.82. The van der Waals surface area contributed by atoms with Crippen molar-refractivity contribution in [1.29, 1.82) is 0 Å². The Morgan fingerprint density at radius 1 is 1.19 bits per heavy atom. The molecule has 2 rings (SSSR count). The van der Waals surface area contributed by atoms with Crippen LogP contribution in [0.5, 0.6) is 0 Å². The van der Waals surface area contributed by atoms with Gasteiger partial charge in [0.05, 0.1) is 11.7 Å². The van der Waals surface area contributed by atoms with Crippen LogP contribution in [0.25, 0.3) is 0 Å². The zero-order valence-corrected chi connectivity index (χ0v) is 11.5. The molecule has 1 aromatic rings. The van der Waals surface area contributed by atoms with Crippen molar-refractivity contribution in [2.75, 3.05) is 0 Å². The van der Waals surface area contributed by atoms with Crippen molar-refractivity contribution in [3.05, 3.63) is 15.6 Å². The van der Waals surface area contributed by atoms with E-state index in [-0.39, 0.29) is 0 Å². The molecule has 3 heteroatoms. The van der Waals surface area contributed by atoms with Crippen molar-refractivity contribution in [1.82, 2.24) is 10.3 Å². The van der Waals surface area contributed by atoms with Gasteiger partial charge in [0, 0.05) is 10.9 Å². The minimum absolute atomic E-state index is 0.426. The number of hydrogen-bond acceptors (Lipinski definition) is 3. The third-order valence-electron chi connectivity index (χ3n) is 3.06. The first-order valence-electron chi connectivity index (χ1n) is 6.32. The average molecular weight is 238 g/mol. The first-order valence-corrected chi connectivity index (χ1v) is 7.14. The second-order valence-corrected chi connectivity index (χ2v) is 6.43. The van der Waals surface area contributed by atoms with Gasteiger partial charge in [0.25, 0.3) is 0 Å². The Hall–Kier alpha value is -0.410. The molecule has 1 aliphatic rings. The van der Waals surface area contributed by atoms with Crippen LogP contribution in [0.4, 0.5) is 0 Å². The van der Waals surface area contributed by atoms with Crippen molar-refractivity contribution >= 4 is 11.3 Å². The van der Waals surface area contributed by atoms with Crippen LogP contribution in [0.1, 0.15) is 55.7 Å². The van der Waals surface area contributed by atoms with Crippen molar-refractivity contribution in [2.24, 2.45) is 5.92 Å². The highest BCUT2D eigenvalue weighted by Gasteiger charge is 2.24. The molecule has 1 atom stereocenters. The summed E-state index contributed by atoms with van der Waals surface area (Å²) in [6.07, 6.45) is 3.75. The predicted molar refractivity (Wildman–Crippen MR) is 70.0 cm³/mol. The zero-order valence-electron chi connectivity index (χ0n) is 10.7. The Labute approximate surface area is 102 Å². The molecule has 0 fully saturated rings. The normalized spacial score (nSPS) is 17.1. The monoisotopic (exact) mass is 238 g/mol. The summed E-state index contributed by atoms with van der Waals surface area (Å²) in [4.78, 5) is 6.35. The summed E-state index contributed by atoms with van der Waals surface area (Å²) in [6, 6.07) is 0.946. The molecule has 0 spiro atoms. The number of aromatic nitrogens is 1. The van der Waals surface area contributed by atoms with Gasteiger partial charge in [-0.25, -0.2) is 4.98 Å². The van der Waals surface area contributed by atoms with Gasteiger partial charge in [-0.15, -0.1) is 11.3 Å². The fourth-order valence-electron chi connectivity index (χ4n) is 2.25. The number of nitrogens with one attached hydrogen (secondary N) is 1. The highest BCUT2D eigenvalue weighted by atomic mass is 32.1. The fourth-order valence-corrected chi connectivity index (χ4v) is 3.64. The number of hydrogen-bond donors (Lipinski definition) is 1. The van der Waals surface area contributed by atoms with Crippen molar-refractivity contribution < 1.29 is 0 Å². The minimum Gasteiger partial charge on any atom is -0.305 e. The third-order valence-corrected chi connectivity index (χ3v) is 4.30. The van der Waals surface area contributed by atoms with Gasteiger partial charge in [-0.2, -0.15) is 0 Å². The molecule has 0 amide bonds. The number of aryl methyl sites for hydroxylation is 2. The highest BCUT2D eigenvalue weighted by molar-refractivity contribution is 7.11. The third kappa shape index (κ3) is 2.46. The van der Waals surface area contributed by atoms with Gasteiger partial charge in [0.2, 0.25) is 0 Å². The van der Waals surface area contributed by atoms with Gasteiger partial charge in [-0.1, -0.05) is 27.7 Å². The predicted octanol–water partition coefficient (Wildman–Crippen LogP) is 3.33. The summed E-state index contributed by atoms with van der Waals surface area (Å²) in [7, 11) is 0. The van der Waals surface area contributed by atoms with E-state index in [0.717, 1.165) is 0 Å². The summed E-state index contributed by atoms with van der Waals surface area (Å²) in [6.45, 7) is 8.95. The molecule has 0 aliphatic heterocycles. The van der Waals surface area contributed by atoms with Crippen LogP contribution >= 0.6 is 11.3 Å². The van der Waals surface area contributed by atoms with Crippen LogP contribution in [-0.4, -0.2) is 11.0 Å². The molecular weight excluding hydrogens is 216 g/mol. The Balaban J connectivity index is 2.18. The number of fused-ring (bicyclic) bond motifs is 1. The molecule has 1 heterocycles. The van der Waals surface area contributed by atoms with E-state index >= 15 is 0 Å². The summed E-state index contributed by atoms with van der Waals surface area (Å²) >= 11 is 1.93. The largest absolute Gasteiger partial charge is 0.305 e. The Bertz CT molecular complexity index is 333. The van der Waals surface area contributed by atoms with Crippen LogP contribution in [0, 0.1) is 5.92 Å². The van der Waals surface area contributed by atoms with Crippen molar-refractivity contribution in [2.45, 2.75) is 59.0 Å². The molecule has 0 saturated carbocycles. The average Bonchev–Trinajstić information content (AvgIpc) is 2.71. The van der Waals surface area contributed by atoms with E-state index in [1.165, 1.54) is 34.8 Å². The number of rotatable bonds is 4. The Kier molecular flexibility index (Phi) is 3.65. The van der Waals surface area contributed by atoms with Crippen LogP contribution < -0.4 is 5.32 Å². The quantitative estimate of drug-likeness (QED) is 0.870. The Morgan fingerprint density at radius 3 is 2.50 bits per heavy atom. The minimum atomic E-state index is 0.426. The molecule has 0 saturated heterocycles. The summed E-state index contributed by atoms with van der Waals surface area (Å²) in [5, 5.41) is 4.93. The maximum atomic E-state index is 4.82. The lowest BCUT2D eigenvalue weighted by molar-refractivity contribution is 0.379. The van der Waals surface area contributed by atoms with E-state index in [1.54, 1.807) is 0 Å². The summed E-state index contributed by atoms with van der Waals surface area (Å²) in [5.41, 5.74) is 1.37. The molecule has 1 aliphatic carbocycles. The van der Waals surface area contributed by atoms with Crippen LogP contribution in [0.15, 0.2) is 0 Å². The number of nitrogens with zero attached hydrogens (tertiary/aromatic N) is 1. The molecule has 16 heavy (non-hydrogen) atoms. The molecule has 0 radical (unpaired) electrons. The van der Waals surface area contributed by atoms with Crippen LogP contribution in [0.2, 0.25) is 0 Å². The lowest BCUT2D eigenvalue weighted by atomic mass is 10.0. The fraction of sp³-hybridized carbons (Fsp3) is 0.769. The second-order valence-electron chi connectivity index (χ2n) is 5.32. The SMILES string of the molecule is CC(C)NC(c1nc2c(s1)CCC2)C(C)C. The second kappa shape index (κ2) is 4.84. The van der Waals surface area contributed by atoms with E-state index in [0.29, 0.717) is 18.0 Å². The summed E-state index contributed by atoms with van der Waals surface area (Å²) < 4.78 is 0. The topological polar surface area (TPSA) is 24.9 Å². The van der Waals surface area contributed by atoms with Crippen LogP contribution in [-0.2, 0) is 12.8 Å². The van der Waals surface area contributed by atoms with E-state index < -0.39 is 0 Å². The van der Waals surface area contributed by atoms with Crippen molar-refractivity contribution in [3.8, 4) is 0 Å². The first kappa shape index (κ1) is 12.1. The number of thiazole rings is 1.